The number of ether oxygens (including phenoxy) is 2. The first kappa shape index (κ1) is 13.1. The van der Waals surface area contributed by atoms with Crippen LogP contribution in [0, 0.1) is 0 Å². The molecule has 100 valence electrons. The predicted molar refractivity (Wildman–Crippen MR) is 68.8 cm³/mol. The molecule has 0 saturated heterocycles. The Kier molecular flexibility index (Phi) is 4.07. The summed E-state index contributed by atoms with van der Waals surface area (Å²) < 4.78 is 25.8. The van der Waals surface area contributed by atoms with E-state index >= 15 is 0 Å². The highest BCUT2D eigenvalue weighted by Crippen LogP contribution is 2.37. The molecule has 4 heteroatoms. The van der Waals surface area contributed by atoms with Gasteiger partial charge in [-0.25, -0.2) is 4.39 Å². The van der Waals surface area contributed by atoms with Gasteiger partial charge in [0.15, 0.2) is 11.5 Å². The van der Waals surface area contributed by atoms with E-state index in [4.69, 9.17) is 15.2 Å². The summed E-state index contributed by atoms with van der Waals surface area (Å²) >= 11 is 0. The Bertz CT molecular complexity index is 411. The van der Waals surface area contributed by atoms with Crippen LogP contribution in [0.25, 0.3) is 0 Å². The summed E-state index contributed by atoms with van der Waals surface area (Å²) in [4.78, 5) is 0. The van der Waals surface area contributed by atoms with Gasteiger partial charge in [-0.1, -0.05) is 19.4 Å². The molecule has 2 rings (SSSR count). The molecule has 2 N–H and O–H groups in total. The Morgan fingerprint density at radius 2 is 2.00 bits per heavy atom. The van der Waals surface area contributed by atoms with Gasteiger partial charge in [-0.2, -0.15) is 0 Å². The van der Waals surface area contributed by atoms with Crippen molar-refractivity contribution in [3.05, 3.63) is 23.8 Å². The van der Waals surface area contributed by atoms with Crippen LogP contribution in [0.2, 0.25) is 0 Å². The van der Waals surface area contributed by atoms with Crippen LogP contribution in [-0.2, 0) is 5.67 Å². The summed E-state index contributed by atoms with van der Waals surface area (Å²) in [5, 5.41) is 0. The Hall–Kier alpha value is -1.29. The summed E-state index contributed by atoms with van der Waals surface area (Å²) in [6.07, 6.45) is 2.02. The van der Waals surface area contributed by atoms with Gasteiger partial charge >= 0.3 is 0 Å². The maximum Gasteiger partial charge on any atom is 0.161 e. The highest BCUT2D eigenvalue weighted by Gasteiger charge is 2.30. The fourth-order valence-corrected chi connectivity index (χ4v) is 2.20. The van der Waals surface area contributed by atoms with Gasteiger partial charge in [0.25, 0.3) is 0 Å². The Morgan fingerprint density at radius 1 is 1.28 bits per heavy atom. The molecule has 18 heavy (non-hydrogen) atoms. The molecule has 0 aliphatic carbocycles. The first-order chi connectivity index (χ1) is 8.69. The van der Waals surface area contributed by atoms with E-state index in [0.717, 1.165) is 12.8 Å². The van der Waals surface area contributed by atoms with Crippen LogP contribution in [0.15, 0.2) is 18.2 Å². The zero-order valence-electron chi connectivity index (χ0n) is 10.7. The molecule has 0 spiro atoms. The van der Waals surface area contributed by atoms with Crippen LogP contribution in [0.4, 0.5) is 4.39 Å². The topological polar surface area (TPSA) is 44.5 Å². The van der Waals surface area contributed by atoms with E-state index in [0.29, 0.717) is 36.7 Å². The molecule has 0 bridgehead atoms. The third kappa shape index (κ3) is 2.58. The molecule has 3 nitrogen and oxygen atoms in total. The van der Waals surface area contributed by atoms with Crippen LogP contribution in [0.5, 0.6) is 11.5 Å². The van der Waals surface area contributed by atoms with Crippen LogP contribution >= 0.6 is 0 Å². The van der Waals surface area contributed by atoms with Gasteiger partial charge in [-0.15, -0.1) is 0 Å². The molecule has 1 aliphatic rings. The van der Waals surface area contributed by atoms with E-state index < -0.39 is 5.67 Å². The van der Waals surface area contributed by atoms with E-state index in [-0.39, 0.29) is 6.54 Å². The van der Waals surface area contributed by atoms with Crippen molar-refractivity contribution in [2.75, 3.05) is 19.8 Å². The number of hydrogen-bond acceptors (Lipinski definition) is 3. The molecule has 1 aromatic rings. The lowest BCUT2D eigenvalue weighted by Gasteiger charge is -2.24. The second-order valence-corrected chi connectivity index (χ2v) is 4.63. The minimum atomic E-state index is -1.47. The lowest BCUT2D eigenvalue weighted by molar-refractivity contribution is 0.159. The molecule has 0 aromatic heterocycles. The monoisotopic (exact) mass is 253 g/mol. The zero-order valence-corrected chi connectivity index (χ0v) is 10.7. The molecule has 1 heterocycles. The fraction of sp³-hybridized carbons (Fsp3) is 0.571. The fourth-order valence-electron chi connectivity index (χ4n) is 2.20. The highest BCUT2D eigenvalue weighted by molar-refractivity contribution is 5.45. The molecule has 0 fully saturated rings. The van der Waals surface area contributed by atoms with Gasteiger partial charge in [0.2, 0.25) is 0 Å². The molecule has 1 aromatic carbocycles. The lowest BCUT2D eigenvalue weighted by Crippen LogP contribution is -2.30. The van der Waals surface area contributed by atoms with Crippen molar-refractivity contribution in [2.45, 2.75) is 31.9 Å². The van der Waals surface area contributed by atoms with E-state index in [9.17, 15) is 4.39 Å². The number of nitrogens with two attached hydrogens (primary N) is 1. The summed E-state index contributed by atoms with van der Waals surface area (Å²) in [6.45, 7) is 3.18. The Labute approximate surface area is 107 Å². The van der Waals surface area contributed by atoms with Gasteiger partial charge in [0.1, 0.15) is 5.67 Å². The number of rotatable bonds is 4. The van der Waals surface area contributed by atoms with Crippen LogP contribution in [0.3, 0.4) is 0 Å². The number of hydrogen-bond donors (Lipinski definition) is 1. The number of fused-ring (bicyclic) bond motifs is 1. The van der Waals surface area contributed by atoms with Gasteiger partial charge in [0, 0.05) is 13.0 Å². The van der Waals surface area contributed by atoms with Crippen molar-refractivity contribution >= 4 is 0 Å². The van der Waals surface area contributed by atoms with Crippen molar-refractivity contribution in [3.8, 4) is 11.5 Å². The standard InChI is InChI=1S/C14H20FNO2/c1-2-6-14(15,10-16)11-4-5-12-13(9-11)18-8-3-7-17-12/h4-5,9H,2-3,6-8,10,16H2,1H3. The summed E-state index contributed by atoms with van der Waals surface area (Å²) in [7, 11) is 0. The smallest absolute Gasteiger partial charge is 0.161 e. The van der Waals surface area contributed by atoms with E-state index in [2.05, 4.69) is 0 Å². The second-order valence-electron chi connectivity index (χ2n) is 4.63. The third-order valence-electron chi connectivity index (χ3n) is 3.23. The number of benzene rings is 1. The minimum absolute atomic E-state index is 0.0134. The Balaban J connectivity index is 2.31. The average Bonchev–Trinajstić information content (AvgIpc) is 2.63. The van der Waals surface area contributed by atoms with Gasteiger partial charge < -0.3 is 15.2 Å². The highest BCUT2D eigenvalue weighted by atomic mass is 19.1. The molecule has 1 aliphatic heterocycles. The molecular formula is C14H20FNO2. The van der Waals surface area contributed by atoms with Crippen molar-refractivity contribution in [1.29, 1.82) is 0 Å². The lowest BCUT2D eigenvalue weighted by atomic mass is 9.91. The molecular weight excluding hydrogens is 233 g/mol. The van der Waals surface area contributed by atoms with E-state index in [1.165, 1.54) is 0 Å². The van der Waals surface area contributed by atoms with Crippen molar-refractivity contribution < 1.29 is 13.9 Å². The maximum absolute atomic E-state index is 14.7. The number of alkyl halides is 1. The normalized spacial score (nSPS) is 17.9. The van der Waals surface area contributed by atoms with Crippen LogP contribution in [-0.4, -0.2) is 19.8 Å². The summed E-state index contributed by atoms with van der Waals surface area (Å²) in [6, 6.07) is 5.24. The van der Waals surface area contributed by atoms with Gasteiger partial charge in [-0.05, 0) is 24.1 Å². The summed E-state index contributed by atoms with van der Waals surface area (Å²) in [5.74, 6) is 1.31. The SMILES string of the molecule is CCCC(F)(CN)c1ccc2c(c1)OCCCO2. The van der Waals surface area contributed by atoms with Gasteiger partial charge in [-0.3, -0.25) is 0 Å². The van der Waals surface area contributed by atoms with Gasteiger partial charge in [0.05, 0.1) is 13.2 Å². The van der Waals surface area contributed by atoms with Crippen LogP contribution in [0.1, 0.15) is 31.7 Å². The van der Waals surface area contributed by atoms with E-state index in [1.54, 1.807) is 18.2 Å². The predicted octanol–water partition coefficient (Wildman–Crippen LogP) is 2.77. The number of halogens is 1. The Morgan fingerprint density at radius 3 is 2.67 bits per heavy atom. The molecule has 0 radical (unpaired) electrons. The van der Waals surface area contributed by atoms with Crippen LogP contribution < -0.4 is 15.2 Å². The minimum Gasteiger partial charge on any atom is -0.490 e. The average molecular weight is 253 g/mol. The molecule has 0 saturated carbocycles. The maximum atomic E-state index is 14.7. The van der Waals surface area contributed by atoms with Crippen molar-refractivity contribution in [3.63, 3.8) is 0 Å². The van der Waals surface area contributed by atoms with E-state index in [1.807, 2.05) is 6.92 Å². The molecule has 0 amide bonds. The van der Waals surface area contributed by atoms with Crippen molar-refractivity contribution in [2.24, 2.45) is 5.73 Å². The summed E-state index contributed by atoms with van der Waals surface area (Å²) in [5.41, 5.74) is 4.69. The quantitative estimate of drug-likeness (QED) is 0.897. The van der Waals surface area contributed by atoms with Crippen molar-refractivity contribution in [1.82, 2.24) is 0 Å². The third-order valence-corrected chi connectivity index (χ3v) is 3.23. The largest absolute Gasteiger partial charge is 0.490 e. The molecule has 1 atom stereocenters. The molecule has 1 unspecified atom stereocenters. The first-order valence-electron chi connectivity index (χ1n) is 6.49. The second kappa shape index (κ2) is 5.57. The zero-order chi connectivity index (χ0) is 13.0. The first-order valence-corrected chi connectivity index (χ1v) is 6.49.